The van der Waals surface area contributed by atoms with Gasteiger partial charge in [0.2, 0.25) is 0 Å². The Morgan fingerprint density at radius 1 is 1.06 bits per heavy atom. The van der Waals surface area contributed by atoms with Crippen LogP contribution in [0.25, 0.3) is 17.1 Å². The Balaban J connectivity index is 1.49. The summed E-state index contributed by atoms with van der Waals surface area (Å²) in [5.74, 6) is 1.23. The average molecular weight is 512 g/mol. The predicted octanol–water partition coefficient (Wildman–Crippen LogP) is 5.49. The number of hydrogen-bond acceptors (Lipinski definition) is 6. The molecule has 1 heterocycles. The number of methoxy groups -OCH3 is 1. The molecule has 0 saturated carbocycles. The van der Waals surface area contributed by atoms with Gasteiger partial charge in [0.1, 0.15) is 5.75 Å². The molecule has 0 unspecified atom stereocenters. The largest absolute Gasteiger partial charge is 0.497 e. The first-order valence-electron chi connectivity index (χ1n) is 10.1. The fraction of sp³-hybridized carbons (Fsp3) is 0.0833. The molecular formula is C24H19Cl2N5O2S. The molecule has 0 bridgehead atoms. The van der Waals surface area contributed by atoms with Crippen LogP contribution >= 0.6 is 35.0 Å². The Morgan fingerprint density at radius 2 is 1.82 bits per heavy atom. The highest BCUT2D eigenvalue weighted by Crippen LogP contribution is 2.29. The van der Waals surface area contributed by atoms with Gasteiger partial charge >= 0.3 is 0 Å². The van der Waals surface area contributed by atoms with Gasteiger partial charge in [0.25, 0.3) is 5.91 Å². The minimum absolute atomic E-state index is 0.103. The third-order valence-electron chi connectivity index (χ3n) is 4.67. The van der Waals surface area contributed by atoms with E-state index in [4.69, 9.17) is 27.9 Å². The molecule has 172 valence electrons. The van der Waals surface area contributed by atoms with Crippen LogP contribution in [0, 0.1) is 0 Å². The summed E-state index contributed by atoms with van der Waals surface area (Å²) in [5.41, 5.74) is 4.99. The van der Waals surface area contributed by atoms with Crippen LogP contribution in [0.4, 0.5) is 0 Å². The summed E-state index contributed by atoms with van der Waals surface area (Å²) in [6, 6.07) is 22.4. The fourth-order valence-electron chi connectivity index (χ4n) is 3.03. The predicted molar refractivity (Wildman–Crippen MR) is 136 cm³/mol. The van der Waals surface area contributed by atoms with E-state index in [0.29, 0.717) is 21.0 Å². The van der Waals surface area contributed by atoms with Crippen molar-refractivity contribution in [3.63, 3.8) is 0 Å². The van der Waals surface area contributed by atoms with Crippen LogP contribution < -0.4 is 10.2 Å². The van der Waals surface area contributed by atoms with Gasteiger partial charge in [-0.25, -0.2) is 5.43 Å². The van der Waals surface area contributed by atoms with Crippen molar-refractivity contribution in [3.8, 4) is 22.8 Å². The van der Waals surface area contributed by atoms with E-state index in [0.717, 1.165) is 22.6 Å². The molecule has 0 aliphatic rings. The normalized spacial score (nSPS) is 11.0. The molecule has 3 aromatic carbocycles. The van der Waals surface area contributed by atoms with Crippen molar-refractivity contribution in [2.24, 2.45) is 5.10 Å². The number of amides is 1. The molecule has 34 heavy (non-hydrogen) atoms. The average Bonchev–Trinajstić information content (AvgIpc) is 3.29. The van der Waals surface area contributed by atoms with Crippen LogP contribution in [0.2, 0.25) is 10.0 Å². The van der Waals surface area contributed by atoms with E-state index in [1.165, 1.54) is 18.0 Å². The number of halogens is 2. The van der Waals surface area contributed by atoms with E-state index in [1.807, 2.05) is 59.2 Å². The fourth-order valence-corrected chi connectivity index (χ4v) is 4.08. The Kier molecular flexibility index (Phi) is 7.84. The number of hydrogen-bond donors (Lipinski definition) is 1. The molecule has 4 aromatic rings. The zero-order valence-electron chi connectivity index (χ0n) is 18.0. The molecule has 0 aliphatic carbocycles. The zero-order valence-corrected chi connectivity index (χ0v) is 20.3. The lowest BCUT2D eigenvalue weighted by atomic mass is 10.2. The number of aromatic nitrogens is 3. The summed E-state index contributed by atoms with van der Waals surface area (Å²) in [6.45, 7) is 0. The number of rotatable bonds is 8. The van der Waals surface area contributed by atoms with Crippen LogP contribution in [0.3, 0.4) is 0 Å². The summed E-state index contributed by atoms with van der Waals surface area (Å²) < 4.78 is 7.16. The molecule has 0 saturated heterocycles. The monoisotopic (exact) mass is 511 g/mol. The van der Waals surface area contributed by atoms with Crippen LogP contribution in [0.5, 0.6) is 5.75 Å². The first-order valence-corrected chi connectivity index (χ1v) is 11.8. The van der Waals surface area contributed by atoms with E-state index in [1.54, 1.807) is 25.3 Å². The molecule has 1 N–H and O–H groups in total. The molecule has 1 aromatic heterocycles. The summed E-state index contributed by atoms with van der Waals surface area (Å²) >= 11 is 13.2. The van der Waals surface area contributed by atoms with E-state index < -0.39 is 0 Å². The lowest BCUT2D eigenvalue weighted by Gasteiger charge is -2.10. The van der Waals surface area contributed by atoms with Gasteiger partial charge in [0.05, 0.1) is 29.1 Å². The van der Waals surface area contributed by atoms with Gasteiger partial charge in [-0.15, -0.1) is 10.2 Å². The lowest BCUT2D eigenvalue weighted by Crippen LogP contribution is -2.20. The third-order valence-corrected chi connectivity index (χ3v) is 6.34. The second-order valence-electron chi connectivity index (χ2n) is 6.96. The topological polar surface area (TPSA) is 81.4 Å². The molecule has 0 spiro atoms. The number of nitrogens with zero attached hydrogens (tertiary/aromatic N) is 4. The molecule has 7 nitrogen and oxygen atoms in total. The number of nitrogens with one attached hydrogen (secondary N) is 1. The van der Waals surface area contributed by atoms with Gasteiger partial charge in [-0.1, -0.05) is 59.2 Å². The number of para-hydroxylation sites is 1. The Bertz CT molecular complexity index is 1310. The minimum atomic E-state index is -0.282. The summed E-state index contributed by atoms with van der Waals surface area (Å²) in [4.78, 5) is 12.4. The number of hydrazone groups is 1. The summed E-state index contributed by atoms with van der Waals surface area (Å²) in [6.07, 6.45) is 1.50. The SMILES string of the molecule is COc1ccc(-c2nnc(SCC(=O)N/N=C\c3ccc(Cl)c(Cl)c3)n2-c2ccccc2)cc1. The highest BCUT2D eigenvalue weighted by molar-refractivity contribution is 7.99. The van der Waals surface area contributed by atoms with Gasteiger partial charge in [0, 0.05) is 11.3 Å². The van der Waals surface area contributed by atoms with E-state index in [-0.39, 0.29) is 11.7 Å². The molecule has 0 aliphatic heterocycles. The van der Waals surface area contributed by atoms with Crippen LogP contribution in [0.1, 0.15) is 5.56 Å². The lowest BCUT2D eigenvalue weighted by molar-refractivity contribution is -0.118. The van der Waals surface area contributed by atoms with E-state index in [9.17, 15) is 4.79 Å². The van der Waals surface area contributed by atoms with Gasteiger partial charge in [0.15, 0.2) is 11.0 Å². The molecule has 0 atom stereocenters. The zero-order chi connectivity index (χ0) is 23.9. The van der Waals surface area contributed by atoms with Crippen molar-refractivity contribution >= 4 is 47.1 Å². The van der Waals surface area contributed by atoms with Crippen LogP contribution in [-0.2, 0) is 4.79 Å². The number of carbonyl (C=O) groups excluding carboxylic acids is 1. The van der Waals surface area contributed by atoms with Gasteiger partial charge in [-0.3, -0.25) is 9.36 Å². The Labute approximate surface area is 210 Å². The van der Waals surface area contributed by atoms with Crippen molar-refractivity contribution in [1.82, 2.24) is 20.2 Å². The Morgan fingerprint density at radius 3 is 2.53 bits per heavy atom. The van der Waals surface area contributed by atoms with Crippen molar-refractivity contribution in [2.75, 3.05) is 12.9 Å². The summed E-state index contributed by atoms with van der Waals surface area (Å²) in [5, 5.41) is 14.1. The highest BCUT2D eigenvalue weighted by atomic mass is 35.5. The maximum absolute atomic E-state index is 12.4. The standard InChI is InChI=1S/C24H19Cl2N5O2S/c1-33-19-10-8-17(9-11-19)23-29-30-24(31(23)18-5-3-2-4-6-18)34-15-22(32)28-27-14-16-7-12-20(25)21(26)13-16/h2-14H,15H2,1H3,(H,28,32)/b27-14-. The van der Waals surface area contributed by atoms with E-state index >= 15 is 0 Å². The van der Waals surface area contributed by atoms with Crippen molar-refractivity contribution in [3.05, 3.63) is 88.4 Å². The van der Waals surface area contributed by atoms with Crippen LogP contribution in [0.15, 0.2) is 83.1 Å². The van der Waals surface area contributed by atoms with Gasteiger partial charge < -0.3 is 4.74 Å². The highest BCUT2D eigenvalue weighted by Gasteiger charge is 2.17. The van der Waals surface area contributed by atoms with Gasteiger partial charge in [-0.2, -0.15) is 5.10 Å². The number of carbonyl (C=O) groups is 1. The van der Waals surface area contributed by atoms with Crippen molar-refractivity contribution in [1.29, 1.82) is 0 Å². The molecular weight excluding hydrogens is 493 g/mol. The number of benzene rings is 3. The first-order chi connectivity index (χ1) is 16.5. The van der Waals surface area contributed by atoms with Crippen LogP contribution in [-0.4, -0.2) is 39.7 Å². The maximum Gasteiger partial charge on any atom is 0.250 e. The molecule has 0 fully saturated rings. The quantitative estimate of drug-likeness (QED) is 0.192. The van der Waals surface area contributed by atoms with Crippen molar-refractivity contribution in [2.45, 2.75) is 5.16 Å². The second-order valence-corrected chi connectivity index (χ2v) is 8.72. The molecule has 0 radical (unpaired) electrons. The smallest absolute Gasteiger partial charge is 0.250 e. The molecule has 10 heteroatoms. The maximum atomic E-state index is 12.4. The van der Waals surface area contributed by atoms with E-state index in [2.05, 4.69) is 20.7 Å². The molecule has 1 amide bonds. The summed E-state index contributed by atoms with van der Waals surface area (Å²) in [7, 11) is 1.62. The van der Waals surface area contributed by atoms with Gasteiger partial charge in [-0.05, 0) is 54.1 Å². The third kappa shape index (κ3) is 5.77. The number of thioether (sulfide) groups is 1. The Hall–Kier alpha value is -3.33. The minimum Gasteiger partial charge on any atom is -0.497 e. The number of ether oxygens (including phenoxy) is 1. The second kappa shape index (κ2) is 11.2. The van der Waals surface area contributed by atoms with Crippen molar-refractivity contribution < 1.29 is 9.53 Å². The molecule has 4 rings (SSSR count). The first kappa shape index (κ1) is 23.8.